The van der Waals surface area contributed by atoms with Crippen molar-refractivity contribution in [2.45, 2.75) is 50.2 Å². The molecule has 0 unspecified atom stereocenters. The zero-order valence-corrected chi connectivity index (χ0v) is 12.1. The van der Waals surface area contributed by atoms with E-state index in [-0.39, 0.29) is 5.54 Å². The third kappa shape index (κ3) is 5.22. The summed E-state index contributed by atoms with van der Waals surface area (Å²) in [6, 6.07) is 0. The van der Waals surface area contributed by atoms with Crippen LogP contribution in [0.25, 0.3) is 0 Å². The minimum atomic E-state index is -4.08. The van der Waals surface area contributed by atoms with Gasteiger partial charge in [-0.2, -0.15) is 13.2 Å². The van der Waals surface area contributed by atoms with Crippen LogP contribution < -0.4 is 5.73 Å². The maximum Gasteiger partial charge on any atom is 0.401 e. The van der Waals surface area contributed by atoms with E-state index in [1.54, 1.807) is 0 Å². The van der Waals surface area contributed by atoms with Crippen molar-refractivity contribution in [2.75, 3.05) is 39.3 Å². The molecule has 2 N–H and O–H groups in total. The molecular weight excluding hydrogens is 267 g/mol. The van der Waals surface area contributed by atoms with E-state index in [1.165, 1.54) is 24.2 Å². The van der Waals surface area contributed by atoms with Gasteiger partial charge in [-0.15, -0.1) is 0 Å². The Morgan fingerprint density at radius 3 is 2.00 bits per heavy atom. The molecule has 2 rings (SSSR count). The second kappa shape index (κ2) is 6.62. The number of halogens is 3. The summed E-state index contributed by atoms with van der Waals surface area (Å²) in [7, 11) is 0. The van der Waals surface area contributed by atoms with Gasteiger partial charge < -0.3 is 10.6 Å². The highest BCUT2D eigenvalue weighted by atomic mass is 19.4. The zero-order chi connectivity index (χ0) is 14.6. The molecule has 6 heteroatoms. The first-order valence-electron chi connectivity index (χ1n) is 7.67. The Bertz CT molecular complexity index is 293. The summed E-state index contributed by atoms with van der Waals surface area (Å²) in [5, 5.41) is 0. The zero-order valence-electron chi connectivity index (χ0n) is 12.1. The van der Waals surface area contributed by atoms with E-state index in [2.05, 4.69) is 4.90 Å². The largest absolute Gasteiger partial charge is 0.401 e. The van der Waals surface area contributed by atoms with Gasteiger partial charge in [0.1, 0.15) is 0 Å². The van der Waals surface area contributed by atoms with E-state index < -0.39 is 12.7 Å². The standard InChI is InChI=1S/C14H26F3N3/c15-14(16,17)12-20-10-8-19(9-11-20)7-6-13(18)4-2-1-3-5-13/h1-12,18H2. The number of nitrogens with zero attached hydrogens (tertiary/aromatic N) is 2. The number of hydrogen-bond acceptors (Lipinski definition) is 3. The van der Waals surface area contributed by atoms with Gasteiger partial charge >= 0.3 is 6.18 Å². The predicted molar refractivity (Wildman–Crippen MR) is 73.6 cm³/mol. The van der Waals surface area contributed by atoms with E-state index in [4.69, 9.17) is 5.73 Å². The number of piperazine rings is 1. The molecule has 20 heavy (non-hydrogen) atoms. The molecule has 0 bridgehead atoms. The first-order chi connectivity index (χ1) is 9.36. The van der Waals surface area contributed by atoms with Crippen molar-refractivity contribution in [3.05, 3.63) is 0 Å². The highest BCUT2D eigenvalue weighted by molar-refractivity contribution is 4.88. The van der Waals surface area contributed by atoms with Crippen molar-refractivity contribution in [3.63, 3.8) is 0 Å². The number of alkyl halides is 3. The molecule has 0 spiro atoms. The average molecular weight is 293 g/mol. The van der Waals surface area contributed by atoms with Crippen LogP contribution in [-0.4, -0.2) is 60.8 Å². The molecule has 0 aromatic rings. The summed E-state index contributed by atoms with van der Waals surface area (Å²) in [5.74, 6) is 0. The maximum atomic E-state index is 12.3. The molecule has 0 amide bonds. The molecular formula is C14H26F3N3. The lowest BCUT2D eigenvalue weighted by Gasteiger charge is -2.38. The lowest BCUT2D eigenvalue weighted by Crippen LogP contribution is -2.51. The molecule has 0 radical (unpaired) electrons. The van der Waals surface area contributed by atoms with Crippen molar-refractivity contribution in [2.24, 2.45) is 5.73 Å². The molecule has 1 saturated carbocycles. The fourth-order valence-electron chi connectivity index (χ4n) is 3.31. The Morgan fingerprint density at radius 1 is 0.900 bits per heavy atom. The summed E-state index contributed by atoms with van der Waals surface area (Å²) in [4.78, 5) is 3.76. The first kappa shape index (κ1) is 16.0. The number of rotatable bonds is 4. The van der Waals surface area contributed by atoms with Crippen molar-refractivity contribution in [1.82, 2.24) is 9.80 Å². The Hall–Kier alpha value is -0.330. The van der Waals surface area contributed by atoms with Crippen molar-refractivity contribution in [3.8, 4) is 0 Å². The maximum absolute atomic E-state index is 12.3. The van der Waals surface area contributed by atoms with Gasteiger partial charge in [0.15, 0.2) is 0 Å². The molecule has 0 aromatic heterocycles. The highest BCUT2D eigenvalue weighted by Gasteiger charge is 2.33. The first-order valence-corrected chi connectivity index (χ1v) is 7.67. The van der Waals surface area contributed by atoms with Crippen molar-refractivity contribution >= 4 is 0 Å². The molecule has 1 saturated heterocycles. The van der Waals surface area contributed by atoms with Crippen LogP contribution in [-0.2, 0) is 0 Å². The summed E-state index contributed by atoms with van der Waals surface area (Å²) < 4.78 is 36.9. The topological polar surface area (TPSA) is 32.5 Å². The minimum absolute atomic E-state index is 0.0264. The van der Waals surface area contributed by atoms with Crippen LogP contribution in [0.3, 0.4) is 0 Å². The van der Waals surface area contributed by atoms with Gasteiger partial charge in [0.25, 0.3) is 0 Å². The lowest BCUT2D eigenvalue weighted by molar-refractivity contribution is -0.149. The third-order valence-electron chi connectivity index (χ3n) is 4.64. The molecule has 1 aliphatic carbocycles. The molecule has 1 aliphatic heterocycles. The smallest absolute Gasteiger partial charge is 0.325 e. The Balaban J connectivity index is 1.67. The van der Waals surface area contributed by atoms with Gasteiger partial charge in [0.05, 0.1) is 6.54 Å². The van der Waals surface area contributed by atoms with Crippen LogP contribution in [0.5, 0.6) is 0 Å². The SMILES string of the molecule is NC1(CCN2CCN(CC(F)(F)F)CC2)CCCCC1. The van der Waals surface area contributed by atoms with Crippen molar-refractivity contribution in [1.29, 1.82) is 0 Å². The van der Waals surface area contributed by atoms with Crippen LogP contribution in [0.2, 0.25) is 0 Å². The van der Waals surface area contributed by atoms with Gasteiger partial charge in [-0.1, -0.05) is 19.3 Å². The van der Waals surface area contributed by atoms with Crippen LogP contribution in [0.1, 0.15) is 38.5 Å². The normalized spacial score (nSPS) is 25.8. The molecule has 2 fully saturated rings. The summed E-state index contributed by atoms with van der Waals surface area (Å²) in [6.07, 6.45) is 2.82. The summed E-state index contributed by atoms with van der Waals surface area (Å²) in [6.45, 7) is 2.63. The molecule has 1 heterocycles. The molecule has 3 nitrogen and oxygen atoms in total. The minimum Gasteiger partial charge on any atom is -0.325 e. The van der Waals surface area contributed by atoms with Crippen molar-refractivity contribution < 1.29 is 13.2 Å². The highest BCUT2D eigenvalue weighted by Crippen LogP contribution is 2.29. The van der Waals surface area contributed by atoms with Gasteiger partial charge in [-0.3, -0.25) is 4.90 Å². The van der Waals surface area contributed by atoms with Crippen LogP contribution in [0, 0.1) is 0 Å². The van der Waals surface area contributed by atoms with E-state index in [0.29, 0.717) is 13.1 Å². The van der Waals surface area contributed by atoms with Gasteiger partial charge in [-0.25, -0.2) is 0 Å². The molecule has 2 aliphatic rings. The van der Waals surface area contributed by atoms with Gasteiger partial charge in [0.2, 0.25) is 0 Å². The summed E-state index contributed by atoms with van der Waals surface area (Å²) in [5.41, 5.74) is 6.37. The summed E-state index contributed by atoms with van der Waals surface area (Å²) >= 11 is 0. The Morgan fingerprint density at radius 2 is 1.45 bits per heavy atom. The van der Waals surface area contributed by atoms with E-state index in [1.807, 2.05) is 0 Å². The number of hydrogen-bond donors (Lipinski definition) is 1. The lowest BCUT2D eigenvalue weighted by atomic mass is 9.80. The van der Waals surface area contributed by atoms with Crippen LogP contribution in [0.4, 0.5) is 13.2 Å². The van der Waals surface area contributed by atoms with E-state index in [0.717, 1.165) is 38.9 Å². The molecule has 0 atom stereocenters. The fraction of sp³-hybridized carbons (Fsp3) is 1.00. The Labute approximate surface area is 119 Å². The van der Waals surface area contributed by atoms with Crippen LogP contribution in [0.15, 0.2) is 0 Å². The second-order valence-electron chi connectivity index (χ2n) is 6.41. The average Bonchev–Trinajstić information content (AvgIpc) is 2.37. The fourth-order valence-corrected chi connectivity index (χ4v) is 3.31. The monoisotopic (exact) mass is 293 g/mol. The van der Waals surface area contributed by atoms with Gasteiger partial charge in [0, 0.05) is 31.7 Å². The molecule has 118 valence electrons. The Kier molecular flexibility index (Phi) is 5.31. The second-order valence-corrected chi connectivity index (χ2v) is 6.41. The van der Waals surface area contributed by atoms with E-state index >= 15 is 0 Å². The van der Waals surface area contributed by atoms with Gasteiger partial charge in [-0.05, 0) is 25.8 Å². The predicted octanol–water partition coefficient (Wildman–Crippen LogP) is 2.22. The third-order valence-corrected chi connectivity index (χ3v) is 4.64. The quantitative estimate of drug-likeness (QED) is 0.862. The molecule has 0 aromatic carbocycles. The van der Waals surface area contributed by atoms with Crippen LogP contribution >= 0.6 is 0 Å². The number of nitrogens with two attached hydrogens (primary N) is 1. The van der Waals surface area contributed by atoms with E-state index in [9.17, 15) is 13.2 Å².